The lowest BCUT2D eigenvalue weighted by Gasteiger charge is -2.30. The molecule has 6 heteroatoms. The van der Waals surface area contributed by atoms with Crippen LogP contribution in [0.1, 0.15) is 27.7 Å². The van der Waals surface area contributed by atoms with Crippen LogP contribution in [-0.2, 0) is 0 Å². The van der Waals surface area contributed by atoms with Crippen LogP contribution in [-0.4, -0.2) is 40.1 Å². The smallest absolute Gasteiger partial charge is 0.227 e. The maximum absolute atomic E-state index is 5.82. The molecule has 0 aliphatic rings. The number of hydrogen-bond acceptors (Lipinski definition) is 6. The highest BCUT2D eigenvalue weighted by molar-refractivity contribution is 7.16. The van der Waals surface area contributed by atoms with Crippen LogP contribution in [0.2, 0.25) is 0 Å². The molecule has 0 atom stereocenters. The fourth-order valence-electron chi connectivity index (χ4n) is 2.31. The average Bonchev–Trinajstić information content (AvgIpc) is 2.81. The Balaban J connectivity index is 2.04. The first kappa shape index (κ1) is 15.0. The number of nitrogens with two attached hydrogens (primary N) is 1. The first-order valence-electron chi connectivity index (χ1n) is 6.88. The van der Waals surface area contributed by atoms with Crippen molar-refractivity contribution in [3.63, 3.8) is 0 Å². The SMILES string of the molecule is CC(C)N(CCOc1nc(N)nc2sccc12)C(C)C. The number of ether oxygens (including phenoxy) is 1. The number of aromatic nitrogens is 2. The molecule has 20 heavy (non-hydrogen) atoms. The van der Waals surface area contributed by atoms with E-state index in [-0.39, 0.29) is 5.95 Å². The zero-order valence-electron chi connectivity index (χ0n) is 12.5. The van der Waals surface area contributed by atoms with E-state index in [2.05, 4.69) is 42.6 Å². The van der Waals surface area contributed by atoms with Gasteiger partial charge in [0.1, 0.15) is 11.4 Å². The van der Waals surface area contributed by atoms with Crippen molar-refractivity contribution < 1.29 is 4.74 Å². The summed E-state index contributed by atoms with van der Waals surface area (Å²) in [4.78, 5) is 11.6. The molecule has 0 fully saturated rings. The van der Waals surface area contributed by atoms with Crippen molar-refractivity contribution in [1.82, 2.24) is 14.9 Å². The van der Waals surface area contributed by atoms with Crippen LogP contribution in [0.15, 0.2) is 11.4 Å². The number of anilines is 1. The molecule has 0 amide bonds. The third-order valence-electron chi connectivity index (χ3n) is 3.22. The molecular weight excluding hydrogens is 272 g/mol. The van der Waals surface area contributed by atoms with E-state index in [9.17, 15) is 0 Å². The van der Waals surface area contributed by atoms with E-state index in [1.807, 2.05) is 11.4 Å². The first-order chi connectivity index (χ1) is 9.49. The minimum absolute atomic E-state index is 0.263. The summed E-state index contributed by atoms with van der Waals surface area (Å²) in [6, 6.07) is 2.96. The lowest BCUT2D eigenvalue weighted by atomic mass is 10.2. The molecule has 0 aromatic carbocycles. The van der Waals surface area contributed by atoms with Crippen molar-refractivity contribution in [3.05, 3.63) is 11.4 Å². The van der Waals surface area contributed by atoms with Crippen LogP contribution < -0.4 is 10.5 Å². The van der Waals surface area contributed by atoms with Gasteiger partial charge in [-0.2, -0.15) is 4.98 Å². The molecule has 0 saturated carbocycles. The zero-order chi connectivity index (χ0) is 14.7. The van der Waals surface area contributed by atoms with Crippen LogP contribution in [0.4, 0.5) is 5.95 Å². The van der Waals surface area contributed by atoms with Gasteiger partial charge in [0.25, 0.3) is 0 Å². The summed E-state index contributed by atoms with van der Waals surface area (Å²) in [5.41, 5.74) is 5.71. The molecule has 0 aliphatic heterocycles. The number of nitrogens with zero attached hydrogens (tertiary/aromatic N) is 3. The lowest BCUT2D eigenvalue weighted by molar-refractivity contribution is 0.141. The summed E-state index contributed by atoms with van der Waals surface area (Å²) >= 11 is 1.54. The Kier molecular flexibility index (Phi) is 4.77. The molecule has 0 radical (unpaired) electrons. The maximum atomic E-state index is 5.82. The molecule has 2 rings (SSSR count). The van der Waals surface area contributed by atoms with E-state index in [0.29, 0.717) is 24.6 Å². The monoisotopic (exact) mass is 294 g/mol. The van der Waals surface area contributed by atoms with Gasteiger partial charge < -0.3 is 10.5 Å². The van der Waals surface area contributed by atoms with Gasteiger partial charge in [-0.05, 0) is 39.1 Å². The quantitative estimate of drug-likeness (QED) is 0.887. The highest BCUT2D eigenvalue weighted by Gasteiger charge is 2.14. The second kappa shape index (κ2) is 6.37. The molecule has 2 aromatic rings. The van der Waals surface area contributed by atoms with Crippen LogP contribution in [0.25, 0.3) is 10.2 Å². The Labute approximate surface area is 123 Å². The molecule has 0 unspecified atom stereocenters. The second-order valence-corrected chi connectivity index (χ2v) is 6.19. The third-order valence-corrected chi connectivity index (χ3v) is 4.03. The first-order valence-corrected chi connectivity index (χ1v) is 7.76. The van der Waals surface area contributed by atoms with Gasteiger partial charge in [-0.15, -0.1) is 11.3 Å². The van der Waals surface area contributed by atoms with E-state index in [1.165, 1.54) is 0 Å². The minimum Gasteiger partial charge on any atom is -0.476 e. The Bertz CT molecular complexity index is 559. The number of fused-ring (bicyclic) bond motifs is 1. The molecule has 2 N–H and O–H groups in total. The molecule has 0 aliphatic carbocycles. The molecule has 0 spiro atoms. The van der Waals surface area contributed by atoms with Crippen molar-refractivity contribution in [2.24, 2.45) is 0 Å². The van der Waals surface area contributed by atoms with E-state index in [4.69, 9.17) is 10.5 Å². The van der Waals surface area contributed by atoms with Crippen molar-refractivity contribution in [2.45, 2.75) is 39.8 Å². The standard InChI is InChI=1S/C14H22N4OS/c1-9(2)18(10(3)4)6-7-19-12-11-5-8-20-13(11)17-14(15)16-12/h5,8-10H,6-7H2,1-4H3,(H2,15,16,17). The van der Waals surface area contributed by atoms with Crippen LogP contribution in [0, 0.1) is 0 Å². The minimum atomic E-state index is 0.263. The summed E-state index contributed by atoms with van der Waals surface area (Å²) < 4.78 is 5.82. The molecule has 2 heterocycles. The van der Waals surface area contributed by atoms with Crippen molar-refractivity contribution in [1.29, 1.82) is 0 Å². The van der Waals surface area contributed by atoms with Gasteiger partial charge >= 0.3 is 0 Å². The zero-order valence-corrected chi connectivity index (χ0v) is 13.3. The molecule has 5 nitrogen and oxygen atoms in total. The summed E-state index contributed by atoms with van der Waals surface area (Å²) in [5, 5.41) is 2.91. The highest BCUT2D eigenvalue weighted by atomic mass is 32.1. The van der Waals surface area contributed by atoms with Gasteiger partial charge in [0.2, 0.25) is 11.8 Å². The van der Waals surface area contributed by atoms with Crippen LogP contribution in [0.5, 0.6) is 5.88 Å². The highest BCUT2D eigenvalue weighted by Crippen LogP contribution is 2.27. The topological polar surface area (TPSA) is 64.3 Å². The van der Waals surface area contributed by atoms with Crippen LogP contribution in [0.3, 0.4) is 0 Å². The van der Waals surface area contributed by atoms with Crippen molar-refractivity contribution in [2.75, 3.05) is 18.9 Å². The van der Waals surface area contributed by atoms with E-state index >= 15 is 0 Å². The van der Waals surface area contributed by atoms with Gasteiger partial charge in [0.15, 0.2) is 0 Å². The Morgan fingerprint density at radius 1 is 1.25 bits per heavy atom. The normalized spacial score (nSPS) is 11.9. The molecular formula is C14H22N4OS. The maximum Gasteiger partial charge on any atom is 0.227 e. The number of rotatable bonds is 6. The molecule has 0 bridgehead atoms. The summed E-state index contributed by atoms with van der Waals surface area (Å²) in [6.45, 7) is 10.2. The second-order valence-electron chi connectivity index (χ2n) is 5.30. The fourth-order valence-corrected chi connectivity index (χ4v) is 3.08. The number of hydrogen-bond donors (Lipinski definition) is 1. The number of thiophene rings is 1. The van der Waals surface area contributed by atoms with Gasteiger partial charge in [-0.25, -0.2) is 4.98 Å². The molecule has 0 saturated heterocycles. The van der Waals surface area contributed by atoms with Gasteiger partial charge in [-0.3, -0.25) is 4.90 Å². The third kappa shape index (κ3) is 3.37. The van der Waals surface area contributed by atoms with E-state index < -0.39 is 0 Å². The predicted molar refractivity (Wildman–Crippen MR) is 84.3 cm³/mol. The van der Waals surface area contributed by atoms with Crippen molar-refractivity contribution >= 4 is 27.5 Å². The van der Waals surface area contributed by atoms with E-state index in [1.54, 1.807) is 11.3 Å². The predicted octanol–water partition coefficient (Wildman–Crippen LogP) is 2.77. The van der Waals surface area contributed by atoms with Gasteiger partial charge in [0, 0.05) is 18.6 Å². The Hall–Kier alpha value is -1.40. The Morgan fingerprint density at radius 2 is 1.95 bits per heavy atom. The van der Waals surface area contributed by atoms with Gasteiger partial charge in [-0.1, -0.05) is 0 Å². The molecule has 2 aromatic heterocycles. The lowest BCUT2D eigenvalue weighted by Crippen LogP contribution is -2.39. The summed E-state index contributed by atoms with van der Waals surface area (Å²) in [7, 11) is 0. The summed E-state index contributed by atoms with van der Waals surface area (Å²) in [5.74, 6) is 0.848. The largest absolute Gasteiger partial charge is 0.476 e. The van der Waals surface area contributed by atoms with Crippen LogP contribution >= 0.6 is 11.3 Å². The van der Waals surface area contributed by atoms with Gasteiger partial charge in [0.05, 0.1) is 5.39 Å². The average molecular weight is 294 g/mol. The summed E-state index contributed by atoms with van der Waals surface area (Å²) in [6.07, 6.45) is 0. The number of nitrogen functional groups attached to an aromatic ring is 1. The fraction of sp³-hybridized carbons (Fsp3) is 0.571. The van der Waals surface area contributed by atoms with E-state index in [0.717, 1.165) is 16.8 Å². The Morgan fingerprint density at radius 3 is 2.60 bits per heavy atom. The molecule has 110 valence electrons. The van der Waals surface area contributed by atoms with Crippen molar-refractivity contribution in [3.8, 4) is 5.88 Å².